The van der Waals surface area contributed by atoms with Crippen molar-refractivity contribution in [2.75, 3.05) is 26.2 Å². The molecule has 3 heteroatoms. The zero-order chi connectivity index (χ0) is 19.4. The van der Waals surface area contributed by atoms with E-state index in [4.69, 9.17) is 0 Å². The minimum Gasteiger partial charge on any atom is -0.508 e. The molecule has 0 saturated carbocycles. The van der Waals surface area contributed by atoms with Crippen molar-refractivity contribution in [2.24, 2.45) is 0 Å². The Morgan fingerprint density at radius 3 is 2.85 bits per heavy atom. The van der Waals surface area contributed by atoms with E-state index in [0.29, 0.717) is 11.8 Å². The largest absolute Gasteiger partial charge is 0.508 e. The van der Waals surface area contributed by atoms with E-state index in [1.807, 2.05) is 12.1 Å². The van der Waals surface area contributed by atoms with Gasteiger partial charge >= 0.3 is 0 Å². The average molecular weight is 365 g/mol. The minimum absolute atomic E-state index is 0.150. The first-order valence-electron chi connectivity index (χ1n) is 9.89. The lowest BCUT2D eigenvalue weighted by atomic mass is 9.93. The fourth-order valence-corrected chi connectivity index (χ4v) is 4.22. The van der Waals surface area contributed by atoms with Crippen LogP contribution in [0.1, 0.15) is 38.8 Å². The second-order valence-corrected chi connectivity index (χ2v) is 8.07. The first-order chi connectivity index (χ1) is 12.9. The number of phenols is 1. The molecule has 2 aliphatic rings. The molecule has 0 spiro atoms. The summed E-state index contributed by atoms with van der Waals surface area (Å²) in [6.07, 6.45) is 9.93. The fourth-order valence-electron chi connectivity index (χ4n) is 4.22. The van der Waals surface area contributed by atoms with Gasteiger partial charge in [0.2, 0.25) is 0 Å². The first kappa shape index (κ1) is 19.7. The van der Waals surface area contributed by atoms with Crippen LogP contribution < -0.4 is 0 Å². The van der Waals surface area contributed by atoms with Crippen molar-refractivity contribution >= 4 is 0 Å². The molecule has 1 aliphatic heterocycles. The normalized spacial score (nSPS) is 22.7. The van der Waals surface area contributed by atoms with Gasteiger partial charge in [-0.3, -0.25) is 9.80 Å². The molecule has 27 heavy (non-hydrogen) atoms. The molecular formula is C24H32N2O. The second-order valence-electron chi connectivity index (χ2n) is 8.07. The summed E-state index contributed by atoms with van der Waals surface area (Å²) in [5.74, 6) is 0.330. The van der Waals surface area contributed by atoms with Gasteiger partial charge in [-0.25, -0.2) is 0 Å². The Bertz CT molecular complexity index is 774. The molecule has 0 aromatic heterocycles. The molecular weight excluding hydrogens is 332 g/mol. The standard InChI is InChI=1S/C24H32N2O/c1-18(2)16-25-12-13-26(20(4)17-25)24(22-10-7-11-23(27)15-22)21-9-6-5-8-19(3)14-21/h5-7,9-11,14-15,20,24,27H,1,8,12-13,16-17H2,2-4H3. The Hall–Kier alpha value is -2.10. The van der Waals surface area contributed by atoms with Crippen LogP contribution in [0.15, 0.2) is 71.9 Å². The molecule has 0 radical (unpaired) electrons. The van der Waals surface area contributed by atoms with Crippen LogP contribution >= 0.6 is 0 Å². The third-order valence-corrected chi connectivity index (χ3v) is 5.37. The summed E-state index contributed by atoms with van der Waals surface area (Å²) in [6, 6.07) is 8.32. The average Bonchev–Trinajstić information content (AvgIpc) is 2.81. The monoisotopic (exact) mass is 364 g/mol. The van der Waals surface area contributed by atoms with Crippen LogP contribution in [0.5, 0.6) is 5.75 Å². The van der Waals surface area contributed by atoms with E-state index < -0.39 is 0 Å². The van der Waals surface area contributed by atoms with E-state index in [1.54, 1.807) is 6.07 Å². The van der Waals surface area contributed by atoms with Crippen molar-refractivity contribution in [1.82, 2.24) is 9.80 Å². The lowest BCUT2D eigenvalue weighted by molar-refractivity contribution is 0.0655. The van der Waals surface area contributed by atoms with E-state index in [9.17, 15) is 5.11 Å². The fraction of sp³-hybridized carbons (Fsp3) is 0.417. The number of nitrogens with zero attached hydrogens (tertiary/aromatic N) is 2. The van der Waals surface area contributed by atoms with E-state index in [1.165, 1.54) is 16.7 Å². The van der Waals surface area contributed by atoms with Crippen LogP contribution in [-0.2, 0) is 0 Å². The smallest absolute Gasteiger partial charge is 0.115 e. The van der Waals surface area contributed by atoms with Crippen LogP contribution in [0.2, 0.25) is 0 Å². The lowest BCUT2D eigenvalue weighted by Crippen LogP contribution is -2.53. The molecule has 1 fully saturated rings. The summed E-state index contributed by atoms with van der Waals surface area (Å²) in [6.45, 7) is 14.7. The van der Waals surface area contributed by atoms with Gasteiger partial charge in [-0.05, 0) is 50.5 Å². The van der Waals surface area contributed by atoms with Crippen LogP contribution in [-0.4, -0.2) is 47.1 Å². The number of phenolic OH excluding ortho intramolecular Hbond substituents is 1. The molecule has 1 aromatic carbocycles. The van der Waals surface area contributed by atoms with Crippen LogP contribution in [0, 0.1) is 0 Å². The predicted molar refractivity (Wildman–Crippen MR) is 114 cm³/mol. The van der Waals surface area contributed by atoms with Crippen molar-refractivity contribution in [3.63, 3.8) is 0 Å². The topological polar surface area (TPSA) is 26.7 Å². The number of aromatic hydroxyl groups is 1. The van der Waals surface area contributed by atoms with E-state index in [-0.39, 0.29) is 6.04 Å². The number of piperazine rings is 1. The van der Waals surface area contributed by atoms with Crippen molar-refractivity contribution in [1.29, 1.82) is 0 Å². The molecule has 3 rings (SSSR count). The summed E-state index contributed by atoms with van der Waals surface area (Å²) >= 11 is 0. The quantitative estimate of drug-likeness (QED) is 0.757. The highest BCUT2D eigenvalue weighted by molar-refractivity contribution is 5.42. The highest BCUT2D eigenvalue weighted by Crippen LogP contribution is 2.35. The Balaban J connectivity index is 1.93. The van der Waals surface area contributed by atoms with Gasteiger partial charge in [0.05, 0.1) is 6.04 Å². The van der Waals surface area contributed by atoms with Gasteiger partial charge in [0.1, 0.15) is 5.75 Å². The number of hydrogen-bond donors (Lipinski definition) is 1. The highest BCUT2D eigenvalue weighted by Gasteiger charge is 2.32. The third kappa shape index (κ3) is 5.00. The van der Waals surface area contributed by atoms with Gasteiger partial charge in [0.15, 0.2) is 0 Å². The van der Waals surface area contributed by atoms with E-state index in [2.05, 4.69) is 67.5 Å². The number of allylic oxidation sites excluding steroid dienone is 4. The Morgan fingerprint density at radius 1 is 1.33 bits per heavy atom. The SMILES string of the molecule is C=C(C)CN1CCN(C(C2=CC=CCC(C)=C2)c2cccc(O)c2)C(C)C1. The van der Waals surface area contributed by atoms with Gasteiger partial charge in [-0.2, -0.15) is 0 Å². The highest BCUT2D eigenvalue weighted by atomic mass is 16.3. The molecule has 2 unspecified atom stereocenters. The summed E-state index contributed by atoms with van der Waals surface area (Å²) in [7, 11) is 0. The first-order valence-corrected chi connectivity index (χ1v) is 9.89. The van der Waals surface area contributed by atoms with Gasteiger partial charge in [-0.15, -0.1) is 0 Å². The summed E-state index contributed by atoms with van der Waals surface area (Å²) in [5.41, 5.74) is 5.04. The molecule has 1 saturated heterocycles. The maximum atomic E-state index is 10.1. The van der Waals surface area contributed by atoms with E-state index in [0.717, 1.165) is 38.2 Å². The Labute approximate surface area is 164 Å². The summed E-state index contributed by atoms with van der Waals surface area (Å²) < 4.78 is 0. The van der Waals surface area contributed by atoms with Crippen LogP contribution in [0.25, 0.3) is 0 Å². The Kier molecular flexibility index (Phi) is 6.35. The van der Waals surface area contributed by atoms with Crippen molar-refractivity contribution in [3.8, 4) is 5.75 Å². The van der Waals surface area contributed by atoms with Gasteiger partial charge in [-0.1, -0.05) is 54.2 Å². The molecule has 144 valence electrons. The van der Waals surface area contributed by atoms with Crippen molar-refractivity contribution < 1.29 is 5.11 Å². The molecule has 3 nitrogen and oxygen atoms in total. The van der Waals surface area contributed by atoms with Crippen molar-refractivity contribution in [3.05, 3.63) is 77.4 Å². The predicted octanol–water partition coefficient (Wildman–Crippen LogP) is 4.85. The van der Waals surface area contributed by atoms with E-state index >= 15 is 0 Å². The number of benzene rings is 1. The molecule has 1 heterocycles. The summed E-state index contributed by atoms with van der Waals surface area (Å²) in [5, 5.41) is 10.1. The number of rotatable bonds is 5. The maximum Gasteiger partial charge on any atom is 0.115 e. The molecule has 1 N–H and O–H groups in total. The lowest BCUT2D eigenvalue weighted by Gasteiger charge is -2.44. The minimum atomic E-state index is 0.150. The van der Waals surface area contributed by atoms with Crippen LogP contribution in [0.3, 0.4) is 0 Å². The van der Waals surface area contributed by atoms with Gasteiger partial charge in [0, 0.05) is 32.2 Å². The second kappa shape index (κ2) is 8.73. The van der Waals surface area contributed by atoms with Crippen molar-refractivity contribution in [2.45, 2.75) is 39.3 Å². The Morgan fingerprint density at radius 2 is 2.15 bits per heavy atom. The molecule has 0 amide bonds. The zero-order valence-corrected chi connectivity index (χ0v) is 16.9. The number of hydrogen-bond acceptors (Lipinski definition) is 3. The van der Waals surface area contributed by atoms with Gasteiger partial charge < -0.3 is 5.11 Å². The third-order valence-electron chi connectivity index (χ3n) is 5.37. The summed E-state index contributed by atoms with van der Waals surface area (Å²) in [4.78, 5) is 5.07. The zero-order valence-electron chi connectivity index (χ0n) is 16.9. The molecule has 0 bridgehead atoms. The van der Waals surface area contributed by atoms with Crippen LogP contribution in [0.4, 0.5) is 0 Å². The molecule has 2 atom stereocenters. The van der Waals surface area contributed by atoms with Gasteiger partial charge in [0.25, 0.3) is 0 Å². The maximum absolute atomic E-state index is 10.1. The molecule has 1 aliphatic carbocycles. The molecule has 1 aromatic rings.